The topological polar surface area (TPSA) is 45.7 Å². The van der Waals surface area contributed by atoms with Crippen molar-refractivity contribution in [1.82, 2.24) is 14.8 Å². The first-order valence-corrected chi connectivity index (χ1v) is 11.9. The van der Waals surface area contributed by atoms with E-state index in [1.807, 2.05) is 29.2 Å². The SMILES string of the molecule is O=C(CCc1ccc(Cl)cc1Cl)N1CCC(N2CCC(Oc3ccncc3)CC2)CC1. The van der Waals surface area contributed by atoms with E-state index in [2.05, 4.69) is 9.88 Å². The molecule has 0 spiro atoms. The number of rotatable bonds is 6. The van der Waals surface area contributed by atoms with E-state index in [4.69, 9.17) is 27.9 Å². The maximum absolute atomic E-state index is 12.7. The average molecular weight is 462 g/mol. The molecule has 2 fully saturated rings. The van der Waals surface area contributed by atoms with Gasteiger partial charge in [0, 0.05) is 61.1 Å². The normalized spacial score (nSPS) is 18.8. The van der Waals surface area contributed by atoms with Crippen molar-refractivity contribution in [1.29, 1.82) is 0 Å². The summed E-state index contributed by atoms with van der Waals surface area (Å²) in [5, 5.41) is 1.26. The van der Waals surface area contributed by atoms with E-state index in [0.717, 1.165) is 63.2 Å². The highest BCUT2D eigenvalue weighted by atomic mass is 35.5. The molecule has 5 nitrogen and oxygen atoms in total. The van der Waals surface area contributed by atoms with Gasteiger partial charge in [0.1, 0.15) is 11.9 Å². The van der Waals surface area contributed by atoms with Gasteiger partial charge in [-0.05, 0) is 61.9 Å². The van der Waals surface area contributed by atoms with Crippen molar-refractivity contribution in [3.05, 3.63) is 58.3 Å². The highest BCUT2D eigenvalue weighted by Gasteiger charge is 2.30. The Balaban J connectivity index is 1.18. The molecule has 7 heteroatoms. The van der Waals surface area contributed by atoms with Crippen LogP contribution in [0.3, 0.4) is 0 Å². The molecule has 0 radical (unpaired) electrons. The summed E-state index contributed by atoms with van der Waals surface area (Å²) in [6, 6.07) is 9.87. The second-order valence-corrected chi connectivity index (χ2v) is 9.23. The summed E-state index contributed by atoms with van der Waals surface area (Å²) in [5.41, 5.74) is 0.978. The molecule has 1 aromatic carbocycles. The van der Waals surface area contributed by atoms with Crippen molar-refractivity contribution in [2.75, 3.05) is 26.2 Å². The average Bonchev–Trinajstić information content (AvgIpc) is 2.80. The summed E-state index contributed by atoms with van der Waals surface area (Å²) in [4.78, 5) is 21.3. The molecule has 0 unspecified atom stereocenters. The number of halogens is 2. The third-order valence-electron chi connectivity index (χ3n) is 6.39. The monoisotopic (exact) mass is 461 g/mol. The van der Waals surface area contributed by atoms with Crippen LogP contribution in [0.2, 0.25) is 10.0 Å². The van der Waals surface area contributed by atoms with Crippen LogP contribution in [0.1, 0.15) is 37.7 Å². The molecule has 166 valence electrons. The Kier molecular flexibility index (Phi) is 7.70. The number of hydrogen-bond donors (Lipinski definition) is 0. The van der Waals surface area contributed by atoms with E-state index in [9.17, 15) is 4.79 Å². The van der Waals surface area contributed by atoms with E-state index in [0.29, 0.717) is 28.9 Å². The Morgan fingerprint density at radius 2 is 1.71 bits per heavy atom. The summed E-state index contributed by atoms with van der Waals surface area (Å²) in [7, 11) is 0. The minimum Gasteiger partial charge on any atom is -0.490 e. The predicted octanol–water partition coefficient (Wildman–Crippen LogP) is 4.86. The van der Waals surface area contributed by atoms with Gasteiger partial charge in [0.15, 0.2) is 0 Å². The lowest BCUT2D eigenvalue weighted by Gasteiger charge is -2.41. The molecule has 2 aromatic rings. The summed E-state index contributed by atoms with van der Waals surface area (Å²) in [6.45, 7) is 3.80. The molecule has 2 aliphatic rings. The van der Waals surface area contributed by atoms with E-state index in [-0.39, 0.29) is 12.0 Å². The summed E-state index contributed by atoms with van der Waals surface area (Å²) in [5.74, 6) is 1.12. The number of aromatic nitrogens is 1. The predicted molar refractivity (Wildman–Crippen MR) is 124 cm³/mol. The molecule has 2 aliphatic heterocycles. The number of piperidine rings is 2. The number of aryl methyl sites for hydroxylation is 1. The van der Waals surface area contributed by atoms with Crippen LogP contribution in [0.5, 0.6) is 5.75 Å². The van der Waals surface area contributed by atoms with Crippen LogP contribution in [0.4, 0.5) is 0 Å². The minimum absolute atomic E-state index is 0.217. The third kappa shape index (κ3) is 6.12. The van der Waals surface area contributed by atoms with Crippen molar-refractivity contribution >= 4 is 29.1 Å². The van der Waals surface area contributed by atoms with Crippen molar-refractivity contribution < 1.29 is 9.53 Å². The standard InChI is InChI=1S/C24H29Cl2N3O2/c25-19-3-1-18(23(26)17-19)2-4-24(30)29-13-7-20(8-14-29)28-15-9-22(10-16-28)31-21-5-11-27-12-6-21/h1,3,5-6,11-12,17,20,22H,2,4,7-10,13-16H2. The number of nitrogens with zero attached hydrogens (tertiary/aromatic N) is 3. The van der Waals surface area contributed by atoms with Gasteiger partial charge in [0.05, 0.1) is 0 Å². The number of hydrogen-bond acceptors (Lipinski definition) is 4. The minimum atomic E-state index is 0.217. The van der Waals surface area contributed by atoms with Crippen LogP contribution < -0.4 is 4.74 Å². The van der Waals surface area contributed by atoms with E-state index >= 15 is 0 Å². The molecule has 31 heavy (non-hydrogen) atoms. The number of ether oxygens (including phenoxy) is 1. The molecular weight excluding hydrogens is 433 g/mol. The van der Waals surface area contributed by atoms with E-state index in [1.165, 1.54) is 0 Å². The number of carbonyl (C=O) groups excluding carboxylic acids is 1. The smallest absolute Gasteiger partial charge is 0.222 e. The van der Waals surface area contributed by atoms with Gasteiger partial charge >= 0.3 is 0 Å². The van der Waals surface area contributed by atoms with Gasteiger partial charge in [-0.1, -0.05) is 29.3 Å². The van der Waals surface area contributed by atoms with Crippen molar-refractivity contribution in [2.24, 2.45) is 0 Å². The van der Waals surface area contributed by atoms with Crippen molar-refractivity contribution in [2.45, 2.75) is 50.7 Å². The number of likely N-dealkylation sites (tertiary alicyclic amines) is 2. The van der Waals surface area contributed by atoms with Crippen molar-refractivity contribution in [3.8, 4) is 5.75 Å². The van der Waals surface area contributed by atoms with E-state index < -0.39 is 0 Å². The highest BCUT2D eigenvalue weighted by molar-refractivity contribution is 6.35. The fourth-order valence-electron chi connectivity index (χ4n) is 4.57. The summed E-state index contributed by atoms with van der Waals surface area (Å²) >= 11 is 12.2. The van der Waals surface area contributed by atoms with Gasteiger partial charge in [0.25, 0.3) is 0 Å². The molecule has 0 saturated carbocycles. The lowest BCUT2D eigenvalue weighted by Crippen LogP contribution is -2.50. The number of carbonyl (C=O) groups is 1. The van der Waals surface area contributed by atoms with Crippen LogP contribution in [-0.4, -0.2) is 59.0 Å². The Labute approximate surface area is 194 Å². The first kappa shape index (κ1) is 22.4. The van der Waals surface area contributed by atoms with Gasteiger partial charge in [-0.3, -0.25) is 14.7 Å². The largest absolute Gasteiger partial charge is 0.490 e. The van der Waals surface area contributed by atoms with Crippen LogP contribution in [0.15, 0.2) is 42.7 Å². The Morgan fingerprint density at radius 1 is 1.00 bits per heavy atom. The molecule has 1 amide bonds. The Bertz CT molecular complexity index is 864. The van der Waals surface area contributed by atoms with E-state index in [1.54, 1.807) is 18.5 Å². The fraction of sp³-hybridized carbons (Fsp3) is 0.500. The van der Waals surface area contributed by atoms with Gasteiger partial charge < -0.3 is 9.64 Å². The zero-order chi connectivity index (χ0) is 21.6. The molecule has 3 heterocycles. The highest BCUT2D eigenvalue weighted by Crippen LogP contribution is 2.25. The lowest BCUT2D eigenvalue weighted by atomic mass is 9.98. The van der Waals surface area contributed by atoms with Crippen molar-refractivity contribution in [3.63, 3.8) is 0 Å². The molecule has 1 aromatic heterocycles. The van der Waals surface area contributed by atoms with Gasteiger partial charge in [-0.2, -0.15) is 0 Å². The quantitative estimate of drug-likeness (QED) is 0.616. The molecule has 4 rings (SSSR count). The second-order valence-electron chi connectivity index (χ2n) is 8.38. The molecule has 0 N–H and O–H groups in total. The third-order valence-corrected chi connectivity index (χ3v) is 6.97. The zero-order valence-electron chi connectivity index (χ0n) is 17.7. The Morgan fingerprint density at radius 3 is 2.39 bits per heavy atom. The van der Waals surface area contributed by atoms with Gasteiger partial charge in [-0.15, -0.1) is 0 Å². The molecule has 0 aliphatic carbocycles. The lowest BCUT2D eigenvalue weighted by molar-refractivity contribution is -0.132. The summed E-state index contributed by atoms with van der Waals surface area (Å²) < 4.78 is 6.08. The molecular formula is C24H29Cl2N3O2. The van der Waals surface area contributed by atoms with Crippen LogP contribution >= 0.6 is 23.2 Å². The van der Waals surface area contributed by atoms with Crippen LogP contribution in [0, 0.1) is 0 Å². The molecule has 0 atom stereocenters. The first-order chi connectivity index (χ1) is 15.1. The number of benzene rings is 1. The maximum atomic E-state index is 12.7. The van der Waals surface area contributed by atoms with Gasteiger partial charge in [0.2, 0.25) is 5.91 Å². The zero-order valence-corrected chi connectivity index (χ0v) is 19.2. The summed E-state index contributed by atoms with van der Waals surface area (Å²) in [6.07, 6.45) is 9.13. The van der Waals surface area contributed by atoms with Crippen LogP contribution in [0.25, 0.3) is 0 Å². The first-order valence-electron chi connectivity index (χ1n) is 11.1. The van der Waals surface area contributed by atoms with Gasteiger partial charge in [-0.25, -0.2) is 0 Å². The number of amides is 1. The second kappa shape index (κ2) is 10.7. The Hall–Kier alpha value is -1.82. The van der Waals surface area contributed by atoms with Crippen LogP contribution in [-0.2, 0) is 11.2 Å². The maximum Gasteiger partial charge on any atom is 0.222 e. The number of pyridine rings is 1. The molecule has 0 bridgehead atoms. The fourth-order valence-corrected chi connectivity index (χ4v) is 5.08. The molecule has 2 saturated heterocycles.